The fourth-order valence-electron chi connectivity index (χ4n) is 10.9. The fraction of sp³-hybridized carbons (Fsp3) is 0.866. The maximum atomic E-state index is 13.3. The van der Waals surface area contributed by atoms with Gasteiger partial charge in [-0.05, 0) is 57.8 Å². The van der Waals surface area contributed by atoms with Gasteiger partial charge in [-0.2, -0.15) is 0 Å². The molecule has 2 rings (SSSR count). The van der Waals surface area contributed by atoms with Crippen LogP contribution in [0.4, 0.5) is 0 Å². The molecule has 12 unspecified atom stereocenters. The number of ether oxygens (including phenoxy) is 4. The lowest BCUT2D eigenvalue weighted by molar-refractivity contribution is -0.359. The second kappa shape index (κ2) is 52.3. The van der Waals surface area contributed by atoms with Crippen LogP contribution in [0.3, 0.4) is 0 Å². The van der Waals surface area contributed by atoms with Crippen LogP contribution in [-0.2, 0) is 23.7 Å². The zero-order valence-electron chi connectivity index (χ0n) is 51.3. The van der Waals surface area contributed by atoms with Crippen molar-refractivity contribution in [2.24, 2.45) is 0 Å². The number of hydrogen-bond acceptors (Lipinski definition) is 13. The summed E-state index contributed by atoms with van der Waals surface area (Å²) < 4.78 is 22.8. The normalized spacial score (nSPS) is 24.4. The Morgan fingerprint density at radius 1 is 0.444 bits per heavy atom. The molecule has 0 spiro atoms. The fourth-order valence-corrected chi connectivity index (χ4v) is 10.9. The van der Waals surface area contributed by atoms with Gasteiger partial charge in [-0.3, -0.25) is 4.79 Å². The van der Waals surface area contributed by atoms with Crippen LogP contribution in [0.15, 0.2) is 48.6 Å². The number of allylic oxidation sites excluding steroid dienone is 7. The van der Waals surface area contributed by atoms with E-state index < -0.39 is 86.8 Å². The molecule has 2 saturated heterocycles. The van der Waals surface area contributed by atoms with Gasteiger partial charge in [-0.25, -0.2) is 0 Å². The van der Waals surface area contributed by atoms with Crippen molar-refractivity contribution < 1.29 is 64.6 Å². The van der Waals surface area contributed by atoms with Crippen molar-refractivity contribution in [2.45, 2.75) is 351 Å². The Kier molecular flexibility index (Phi) is 48.5. The molecule has 0 aromatic rings. The molecule has 474 valence electrons. The number of carbonyl (C=O) groups is 1. The van der Waals surface area contributed by atoms with Crippen molar-refractivity contribution in [1.29, 1.82) is 0 Å². The number of aliphatic hydroxyl groups excluding tert-OH is 8. The molecule has 9 N–H and O–H groups in total. The Balaban J connectivity index is 1.63. The highest BCUT2D eigenvalue weighted by molar-refractivity contribution is 5.76. The topological polar surface area (TPSA) is 228 Å². The van der Waals surface area contributed by atoms with Crippen LogP contribution in [0.5, 0.6) is 0 Å². The maximum absolute atomic E-state index is 13.3. The quantitative estimate of drug-likeness (QED) is 0.0204. The SMILES string of the molecule is CCCCCCC/C=C\C/C=C\C/C=C\CCCCCCCCCCCCCCCCCCCCC(=O)NC(COC1OC(CO)C(OC2OC(CO)C(O)C(O)C2O)C(O)C1O)C(O)/C=C/CCCCCCCCCCCCCC. The summed E-state index contributed by atoms with van der Waals surface area (Å²) in [6.45, 7) is 2.80. The number of unbranched alkanes of at least 4 members (excludes halogenated alkanes) is 35. The monoisotopic (exact) mass is 1150 g/mol. The number of rotatable bonds is 54. The highest BCUT2D eigenvalue weighted by atomic mass is 16.7. The van der Waals surface area contributed by atoms with Crippen molar-refractivity contribution in [3.63, 3.8) is 0 Å². The van der Waals surface area contributed by atoms with Crippen molar-refractivity contribution in [1.82, 2.24) is 5.32 Å². The van der Waals surface area contributed by atoms with E-state index in [9.17, 15) is 45.6 Å². The van der Waals surface area contributed by atoms with E-state index in [1.54, 1.807) is 6.08 Å². The van der Waals surface area contributed by atoms with E-state index in [2.05, 4.69) is 55.6 Å². The van der Waals surface area contributed by atoms with Gasteiger partial charge < -0.3 is 65.1 Å². The van der Waals surface area contributed by atoms with Crippen molar-refractivity contribution in [2.75, 3.05) is 19.8 Å². The average molecular weight is 1150 g/mol. The summed E-state index contributed by atoms with van der Waals surface area (Å²) in [4.78, 5) is 13.3. The van der Waals surface area contributed by atoms with E-state index in [1.165, 1.54) is 199 Å². The molecule has 0 aliphatic carbocycles. The van der Waals surface area contributed by atoms with Gasteiger partial charge >= 0.3 is 0 Å². The average Bonchev–Trinajstić information content (AvgIpc) is 3.47. The minimum absolute atomic E-state index is 0.237. The summed E-state index contributed by atoms with van der Waals surface area (Å²) in [5, 5.41) is 87.2. The molecule has 0 aromatic carbocycles. The number of carbonyl (C=O) groups excluding carboxylic acids is 1. The summed E-state index contributed by atoms with van der Waals surface area (Å²) in [5.41, 5.74) is 0. The highest BCUT2D eigenvalue weighted by Gasteiger charge is 2.51. The standard InChI is InChI=1S/C67H123NO13/c1-3-5-7-9-11-13-15-17-19-20-21-22-23-24-25-26-27-28-29-30-31-32-33-34-35-36-37-39-41-43-45-47-49-51-59(72)68-55(56(71)50-48-46-44-42-40-38-18-16-14-12-10-8-6-4-2)54-78-66-64(77)62(75)65(58(53-70)80-66)81-67-63(76)61(74)60(73)57(52-69)79-67/h15,17,20-21,23-24,48,50,55-58,60-67,69-71,73-77H,3-14,16,18-19,22,25-47,49,51-54H2,1-2H3,(H,68,72)/b17-15-,21-20-,24-23-,50-48+. The van der Waals surface area contributed by atoms with Gasteiger partial charge in [0.25, 0.3) is 0 Å². The van der Waals surface area contributed by atoms with Crippen LogP contribution in [-0.4, -0.2) is 140 Å². The van der Waals surface area contributed by atoms with Gasteiger partial charge in [0.2, 0.25) is 5.91 Å². The van der Waals surface area contributed by atoms with Gasteiger partial charge in [-0.15, -0.1) is 0 Å². The minimum atomic E-state index is -1.79. The third-order valence-electron chi connectivity index (χ3n) is 16.3. The molecular formula is C67H123NO13. The first kappa shape index (κ1) is 75.0. The number of nitrogens with one attached hydrogen (secondary N) is 1. The second-order valence-corrected chi connectivity index (χ2v) is 23.6. The Morgan fingerprint density at radius 2 is 0.815 bits per heavy atom. The van der Waals surface area contributed by atoms with Crippen LogP contribution >= 0.6 is 0 Å². The molecule has 0 aromatic heterocycles. The van der Waals surface area contributed by atoms with Gasteiger partial charge in [0.05, 0.1) is 32.0 Å². The van der Waals surface area contributed by atoms with Gasteiger partial charge in [0, 0.05) is 6.42 Å². The lowest BCUT2D eigenvalue weighted by Crippen LogP contribution is -2.65. The summed E-state index contributed by atoms with van der Waals surface area (Å²) in [6, 6.07) is -0.914. The summed E-state index contributed by atoms with van der Waals surface area (Å²) in [5.74, 6) is -0.237. The van der Waals surface area contributed by atoms with Crippen molar-refractivity contribution in [3.8, 4) is 0 Å². The summed E-state index contributed by atoms with van der Waals surface area (Å²) in [6.07, 6.45) is 50.3. The van der Waals surface area contributed by atoms with Crippen LogP contribution in [0.25, 0.3) is 0 Å². The third-order valence-corrected chi connectivity index (χ3v) is 16.3. The largest absolute Gasteiger partial charge is 0.394 e. The molecule has 14 nitrogen and oxygen atoms in total. The lowest BCUT2D eigenvalue weighted by atomic mass is 9.97. The summed E-state index contributed by atoms with van der Waals surface area (Å²) in [7, 11) is 0. The van der Waals surface area contributed by atoms with E-state index in [-0.39, 0.29) is 18.9 Å². The van der Waals surface area contributed by atoms with Crippen LogP contribution in [0, 0.1) is 0 Å². The minimum Gasteiger partial charge on any atom is -0.394 e. The van der Waals surface area contributed by atoms with Crippen LogP contribution < -0.4 is 5.32 Å². The number of amides is 1. The zero-order valence-corrected chi connectivity index (χ0v) is 51.3. The first-order valence-electron chi connectivity index (χ1n) is 33.4. The van der Waals surface area contributed by atoms with Crippen molar-refractivity contribution in [3.05, 3.63) is 48.6 Å². The van der Waals surface area contributed by atoms with E-state index in [0.29, 0.717) is 6.42 Å². The second-order valence-electron chi connectivity index (χ2n) is 23.6. The zero-order chi connectivity index (χ0) is 58.8. The highest BCUT2D eigenvalue weighted by Crippen LogP contribution is 2.30. The Labute approximate surface area is 493 Å². The molecule has 2 fully saturated rings. The predicted octanol–water partition coefficient (Wildman–Crippen LogP) is 12.7. The van der Waals surface area contributed by atoms with Crippen molar-refractivity contribution >= 4 is 5.91 Å². The molecule has 0 saturated carbocycles. The first-order chi connectivity index (χ1) is 39.6. The van der Waals surface area contributed by atoms with E-state index in [4.69, 9.17) is 18.9 Å². The van der Waals surface area contributed by atoms with Gasteiger partial charge in [0.1, 0.15) is 48.8 Å². The van der Waals surface area contributed by atoms with Crippen LogP contribution in [0.1, 0.15) is 277 Å². The van der Waals surface area contributed by atoms with E-state index in [1.807, 2.05) is 6.08 Å². The van der Waals surface area contributed by atoms with Gasteiger partial charge in [0.15, 0.2) is 12.6 Å². The van der Waals surface area contributed by atoms with E-state index in [0.717, 1.165) is 51.4 Å². The molecule has 12 atom stereocenters. The Morgan fingerprint density at radius 3 is 1.25 bits per heavy atom. The van der Waals surface area contributed by atoms with Gasteiger partial charge in [-0.1, -0.05) is 262 Å². The molecular weight excluding hydrogens is 1030 g/mol. The third kappa shape index (κ3) is 37.2. The molecule has 2 aliphatic rings. The Hall–Kier alpha value is -2.05. The van der Waals surface area contributed by atoms with Crippen LogP contribution in [0.2, 0.25) is 0 Å². The maximum Gasteiger partial charge on any atom is 0.220 e. The molecule has 0 radical (unpaired) electrons. The number of hydrogen-bond donors (Lipinski definition) is 9. The molecule has 81 heavy (non-hydrogen) atoms. The molecule has 14 heteroatoms. The molecule has 1 amide bonds. The predicted molar refractivity (Wildman–Crippen MR) is 327 cm³/mol. The van der Waals surface area contributed by atoms with E-state index >= 15 is 0 Å². The smallest absolute Gasteiger partial charge is 0.220 e. The lowest BCUT2D eigenvalue weighted by Gasteiger charge is -2.46. The Bertz CT molecular complexity index is 1540. The molecule has 0 bridgehead atoms. The molecule has 2 aliphatic heterocycles. The number of aliphatic hydroxyl groups is 8. The first-order valence-corrected chi connectivity index (χ1v) is 33.4. The molecule has 2 heterocycles. The summed E-state index contributed by atoms with van der Waals surface area (Å²) >= 11 is 0.